The third-order valence-corrected chi connectivity index (χ3v) is 3.36. The molecule has 0 unspecified atom stereocenters. The zero-order chi connectivity index (χ0) is 13.2. The summed E-state index contributed by atoms with van der Waals surface area (Å²) in [6.07, 6.45) is 4.23. The number of rotatable bonds is 7. The summed E-state index contributed by atoms with van der Waals surface area (Å²) in [7, 11) is 0. The van der Waals surface area contributed by atoms with Crippen molar-refractivity contribution >= 4 is 5.91 Å². The second kappa shape index (κ2) is 8.90. The van der Waals surface area contributed by atoms with Gasteiger partial charge in [0.15, 0.2) is 0 Å². The van der Waals surface area contributed by atoms with Crippen molar-refractivity contribution in [2.75, 3.05) is 39.3 Å². The van der Waals surface area contributed by atoms with Crippen LogP contribution in [0.2, 0.25) is 0 Å². The highest BCUT2D eigenvalue weighted by Gasteiger charge is 2.19. The molecule has 0 aromatic rings. The van der Waals surface area contributed by atoms with E-state index in [0.29, 0.717) is 19.4 Å². The highest BCUT2D eigenvalue weighted by atomic mass is 16.2. The van der Waals surface area contributed by atoms with Gasteiger partial charge in [-0.1, -0.05) is 6.42 Å². The molecular formula is C13H24N4O. The van der Waals surface area contributed by atoms with Gasteiger partial charge in [0.25, 0.3) is 0 Å². The first-order valence-corrected chi connectivity index (χ1v) is 6.85. The Hall–Kier alpha value is -1.12. The third-order valence-electron chi connectivity index (χ3n) is 3.36. The molecule has 0 atom stereocenters. The average Bonchev–Trinajstić information content (AvgIpc) is 2.41. The molecule has 0 bridgehead atoms. The van der Waals surface area contributed by atoms with Crippen LogP contribution in [0.15, 0.2) is 0 Å². The number of nitriles is 1. The molecule has 5 nitrogen and oxygen atoms in total. The lowest BCUT2D eigenvalue weighted by molar-refractivity contribution is -0.133. The Morgan fingerprint density at radius 2 is 1.89 bits per heavy atom. The van der Waals surface area contributed by atoms with E-state index in [-0.39, 0.29) is 5.91 Å². The second-order valence-corrected chi connectivity index (χ2v) is 4.73. The predicted octanol–water partition coefficient (Wildman–Crippen LogP) is 0.563. The van der Waals surface area contributed by atoms with E-state index in [1.165, 1.54) is 0 Å². The molecule has 1 heterocycles. The van der Waals surface area contributed by atoms with Crippen LogP contribution in [0.25, 0.3) is 0 Å². The SMILES string of the molecule is N#CCCN1CCN(C(=O)CCCCCN)CC1. The zero-order valence-corrected chi connectivity index (χ0v) is 11.1. The number of carbonyl (C=O) groups excluding carboxylic acids is 1. The molecule has 1 rings (SSSR count). The summed E-state index contributed by atoms with van der Waals surface area (Å²) in [5.74, 6) is 0.270. The Bertz CT molecular complexity index is 279. The number of amides is 1. The van der Waals surface area contributed by atoms with Gasteiger partial charge in [-0.2, -0.15) is 5.26 Å². The van der Waals surface area contributed by atoms with E-state index in [0.717, 1.165) is 52.0 Å². The quantitative estimate of drug-likeness (QED) is 0.672. The fourth-order valence-electron chi connectivity index (χ4n) is 2.18. The Labute approximate surface area is 110 Å². The average molecular weight is 252 g/mol. The maximum atomic E-state index is 11.9. The van der Waals surface area contributed by atoms with Crippen LogP contribution in [-0.4, -0.2) is 55.0 Å². The van der Waals surface area contributed by atoms with Crippen molar-refractivity contribution in [3.8, 4) is 6.07 Å². The minimum atomic E-state index is 0.270. The van der Waals surface area contributed by atoms with Gasteiger partial charge in [0.2, 0.25) is 5.91 Å². The maximum Gasteiger partial charge on any atom is 0.222 e. The fraction of sp³-hybridized carbons (Fsp3) is 0.846. The Kier molecular flexibility index (Phi) is 7.38. The number of unbranched alkanes of at least 4 members (excludes halogenated alkanes) is 2. The van der Waals surface area contributed by atoms with Gasteiger partial charge in [-0.3, -0.25) is 9.69 Å². The Morgan fingerprint density at radius 1 is 1.17 bits per heavy atom. The summed E-state index contributed by atoms with van der Waals surface area (Å²) in [5, 5.41) is 8.53. The minimum absolute atomic E-state index is 0.270. The van der Waals surface area contributed by atoms with Crippen molar-refractivity contribution in [3.05, 3.63) is 0 Å². The van der Waals surface area contributed by atoms with Gasteiger partial charge in [0, 0.05) is 45.6 Å². The van der Waals surface area contributed by atoms with E-state index in [1.807, 2.05) is 4.90 Å². The highest BCUT2D eigenvalue weighted by Crippen LogP contribution is 2.07. The van der Waals surface area contributed by atoms with Crippen LogP contribution in [0, 0.1) is 11.3 Å². The molecule has 0 aromatic heterocycles. The van der Waals surface area contributed by atoms with Gasteiger partial charge in [0.1, 0.15) is 0 Å². The van der Waals surface area contributed by atoms with Gasteiger partial charge in [-0.05, 0) is 19.4 Å². The van der Waals surface area contributed by atoms with Gasteiger partial charge < -0.3 is 10.6 Å². The summed E-state index contributed by atoms with van der Waals surface area (Å²) in [6, 6.07) is 2.16. The topological polar surface area (TPSA) is 73.4 Å². The van der Waals surface area contributed by atoms with Crippen molar-refractivity contribution in [1.82, 2.24) is 9.80 Å². The van der Waals surface area contributed by atoms with Gasteiger partial charge in [-0.15, -0.1) is 0 Å². The smallest absolute Gasteiger partial charge is 0.222 e. The van der Waals surface area contributed by atoms with E-state index in [9.17, 15) is 4.79 Å². The van der Waals surface area contributed by atoms with E-state index < -0.39 is 0 Å². The highest BCUT2D eigenvalue weighted by molar-refractivity contribution is 5.76. The molecular weight excluding hydrogens is 228 g/mol. The maximum absolute atomic E-state index is 11.9. The molecule has 1 aliphatic rings. The first-order valence-electron chi connectivity index (χ1n) is 6.85. The lowest BCUT2D eigenvalue weighted by Crippen LogP contribution is -2.48. The van der Waals surface area contributed by atoms with Crippen molar-refractivity contribution in [2.24, 2.45) is 5.73 Å². The molecule has 2 N–H and O–H groups in total. The van der Waals surface area contributed by atoms with E-state index in [2.05, 4.69) is 11.0 Å². The molecule has 102 valence electrons. The van der Waals surface area contributed by atoms with E-state index in [1.54, 1.807) is 0 Å². The van der Waals surface area contributed by atoms with Crippen molar-refractivity contribution < 1.29 is 4.79 Å². The number of carbonyl (C=O) groups is 1. The predicted molar refractivity (Wildman–Crippen MR) is 70.8 cm³/mol. The summed E-state index contributed by atoms with van der Waals surface area (Å²) < 4.78 is 0. The Morgan fingerprint density at radius 3 is 2.50 bits per heavy atom. The molecule has 0 aromatic carbocycles. The molecule has 1 saturated heterocycles. The molecule has 1 fully saturated rings. The summed E-state index contributed by atoms with van der Waals surface area (Å²) in [4.78, 5) is 16.1. The summed E-state index contributed by atoms with van der Waals surface area (Å²) in [5.41, 5.74) is 5.42. The first kappa shape index (κ1) is 14.9. The van der Waals surface area contributed by atoms with Gasteiger partial charge in [-0.25, -0.2) is 0 Å². The minimum Gasteiger partial charge on any atom is -0.340 e. The van der Waals surface area contributed by atoms with Crippen molar-refractivity contribution in [2.45, 2.75) is 32.1 Å². The number of nitrogens with two attached hydrogens (primary N) is 1. The normalized spacial score (nSPS) is 16.6. The molecule has 0 aliphatic carbocycles. The standard InChI is InChI=1S/C13H24N4O/c14-6-3-1-2-5-13(18)17-11-9-16(10-12-17)8-4-7-15/h1-6,8-12,14H2. The van der Waals surface area contributed by atoms with Gasteiger partial charge >= 0.3 is 0 Å². The number of hydrogen-bond donors (Lipinski definition) is 1. The summed E-state index contributed by atoms with van der Waals surface area (Å²) >= 11 is 0. The monoisotopic (exact) mass is 252 g/mol. The lowest BCUT2D eigenvalue weighted by atomic mass is 10.1. The molecule has 0 radical (unpaired) electrons. The molecule has 5 heteroatoms. The van der Waals surface area contributed by atoms with E-state index >= 15 is 0 Å². The van der Waals surface area contributed by atoms with Crippen LogP contribution in [-0.2, 0) is 4.79 Å². The second-order valence-electron chi connectivity index (χ2n) is 4.73. The molecule has 0 saturated carbocycles. The van der Waals surface area contributed by atoms with E-state index in [4.69, 9.17) is 11.0 Å². The molecule has 1 aliphatic heterocycles. The van der Waals surface area contributed by atoms with Crippen LogP contribution >= 0.6 is 0 Å². The van der Waals surface area contributed by atoms with Gasteiger partial charge in [0.05, 0.1) is 6.07 Å². The summed E-state index contributed by atoms with van der Waals surface area (Å²) in [6.45, 7) is 4.95. The van der Waals surface area contributed by atoms with Crippen LogP contribution in [0.3, 0.4) is 0 Å². The fourth-order valence-corrected chi connectivity index (χ4v) is 2.18. The largest absolute Gasteiger partial charge is 0.340 e. The van der Waals surface area contributed by atoms with Crippen LogP contribution in [0.1, 0.15) is 32.1 Å². The lowest BCUT2D eigenvalue weighted by Gasteiger charge is -2.34. The molecule has 18 heavy (non-hydrogen) atoms. The van der Waals surface area contributed by atoms with Crippen LogP contribution in [0.5, 0.6) is 0 Å². The van der Waals surface area contributed by atoms with Crippen molar-refractivity contribution in [1.29, 1.82) is 5.26 Å². The number of nitrogens with zero attached hydrogens (tertiary/aromatic N) is 3. The Balaban J connectivity index is 2.13. The third kappa shape index (κ3) is 5.48. The molecule has 0 spiro atoms. The zero-order valence-electron chi connectivity index (χ0n) is 11.1. The van der Waals surface area contributed by atoms with Crippen molar-refractivity contribution in [3.63, 3.8) is 0 Å². The van der Waals surface area contributed by atoms with Crippen LogP contribution in [0.4, 0.5) is 0 Å². The number of piperazine rings is 1. The first-order chi connectivity index (χ1) is 8.77. The molecule has 1 amide bonds. The number of hydrogen-bond acceptors (Lipinski definition) is 4. The van der Waals surface area contributed by atoms with Crippen LogP contribution < -0.4 is 5.73 Å².